The molecule has 0 heterocycles. The van der Waals surface area contributed by atoms with E-state index >= 15 is 0 Å². The van der Waals surface area contributed by atoms with Crippen molar-refractivity contribution in [3.63, 3.8) is 0 Å². The van der Waals surface area contributed by atoms with Gasteiger partial charge in [0.25, 0.3) is 0 Å². The number of rotatable bonds is 1. The smallest absolute Gasteiger partial charge is 0.0443 e. The zero-order valence-electron chi connectivity index (χ0n) is 9.23. The Morgan fingerprint density at radius 2 is 1.08 bits per heavy atom. The topological polar surface area (TPSA) is 0 Å². The fourth-order valence-electron chi connectivity index (χ4n) is 0.417. The van der Waals surface area contributed by atoms with Crippen LogP contribution >= 0.6 is 0 Å². The normalized spacial score (nSPS) is 19.2. The summed E-state index contributed by atoms with van der Waals surface area (Å²) in [6.07, 6.45) is 11.6. The van der Waals surface area contributed by atoms with Gasteiger partial charge in [-0.1, -0.05) is 72.1 Å². The molecule has 2 aliphatic rings. The maximum absolute atomic E-state index is 2.28. The Morgan fingerprint density at radius 1 is 0.833 bits per heavy atom. The highest BCUT2D eigenvalue weighted by Crippen LogP contribution is 2.26. The summed E-state index contributed by atoms with van der Waals surface area (Å²) in [5, 5.41) is 0. The third kappa shape index (κ3) is 12.7. The SMILES string of the molecule is C1CCC1.CC1CC1.CCCC. The molecule has 0 nitrogen and oxygen atoms in total. The van der Waals surface area contributed by atoms with Gasteiger partial charge in [-0.2, -0.15) is 0 Å². The predicted molar refractivity (Wildman–Crippen MR) is 57.4 cm³/mol. The second-order valence-corrected chi connectivity index (χ2v) is 4.10. The van der Waals surface area contributed by atoms with E-state index in [9.17, 15) is 0 Å². The highest BCUT2D eigenvalue weighted by atomic mass is 14.2. The molecule has 2 rings (SSSR count). The summed E-state index contributed by atoms with van der Waals surface area (Å²) in [7, 11) is 0. The quantitative estimate of drug-likeness (QED) is 0.531. The van der Waals surface area contributed by atoms with Crippen LogP contribution in [0.25, 0.3) is 0 Å². The molecule has 0 unspecified atom stereocenters. The van der Waals surface area contributed by atoms with Crippen molar-refractivity contribution in [1.82, 2.24) is 0 Å². The lowest BCUT2D eigenvalue weighted by molar-refractivity contribution is 0.504. The second-order valence-electron chi connectivity index (χ2n) is 4.10. The number of hydrogen-bond acceptors (Lipinski definition) is 0. The van der Waals surface area contributed by atoms with E-state index < -0.39 is 0 Å². The van der Waals surface area contributed by atoms with Gasteiger partial charge in [0.1, 0.15) is 0 Å². The van der Waals surface area contributed by atoms with E-state index in [2.05, 4.69) is 20.8 Å². The van der Waals surface area contributed by atoms with Gasteiger partial charge in [-0.15, -0.1) is 0 Å². The van der Waals surface area contributed by atoms with Crippen molar-refractivity contribution in [3.05, 3.63) is 0 Å². The molecule has 2 saturated carbocycles. The van der Waals surface area contributed by atoms with E-state index in [-0.39, 0.29) is 0 Å². The molecule has 0 bridgehead atoms. The average molecular weight is 170 g/mol. The Labute approximate surface area is 78.8 Å². The molecule has 0 aromatic heterocycles. The molecule has 0 N–H and O–H groups in total. The summed E-state index contributed by atoms with van der Waals surface area (Å²) >= 11 is 0. The number of hydrogen-bond donors (Lipinski definition) is 0. The second kappa shape index (κ2) is 9.09. The Kier molecular flexibility index (Phi) is 9.09. The minimum absolute atomic E-state index is 1.08. The Hall–Kier alpha value is 0. The van der Waals surface area contributed by atoms with Crippen LogP contribution in [0.4, 0.5) is 0 Å². The molecule has 2 fully saturated rings. The summed E-state index contributed by atoms with van der Waals surface area (Å²) in [6.45, 7) is 6.64. The first kappa shape index (κ1) is 12.0. The maximum atomic E-state index is 2.28. The van der Waals surface area contributed by atoms with Crippen LogP contribution in [0, 0.1) is 5.92 Å². The first-order chi connectivity index (χ1) is 5.81. The Bertz CT molecular complexity index is 62.1. The van der Waals surface area contributed by atoms with E-state index in [1.165, 1.54) is 51.4 Å². The molecule has 0 aliphatic heterocycles. The van der Waals surface area contributed by atoms with Crippen LogP contribution in [0.15, 0.2) is 0 Å². The van der Waals surface area contributed by atoms with E-state index in [0.29, 0.717) is 0 Å². The van der Waals surface area contributed by atoms with Gasteiger partial charge in [0.2, 0.25) is 0 Å². The summed E-state index contributed by atoms with van der Waals surface area (Å²) in [5.41, 5.74) is 0. The largest absolute Gasteiger partial charge is 0.0654 e. The Balaban J connectivity index is 0.000000151. The molecule has 74 valence electrons. The van der Waals surface area contributed by atoms with Crippen molar-refractivity contribution in [1.29, 1.82) is 0 Å². The van der Waals surface area contributed by atoms with Crippen molar-refractivity contribution in [2.24, 2.45) is 5.92 Å². The first-order valence-electron chi connectivity index (χ1n) is 5.81. The van der Waals surface area contributed by atoms with E-state index in [1.54, 1.807) is 0 Å². The fourth-order valence-corrected chi connectivity index (χ4v) is 0.417. The van der Waals surface area contributed by atoms with Crippen molar-refractivity contribution in [2.45, 2.75) is 72.1 Å². The first-order valence-corrected chi connectivity index (χ1v) is 5.81. The molecule has 0 radical (unpaired) electrons. The van der Waals surface area contributed by atoms with Crippen LogP contribution in [0.2, 0.25) is 0 Å². The van der Waals surface area contributed by atoms with Gasteiger partial charge in [0, 0.05) is 0 Å². The predicted octanol–water partition coefficient (Wildman–Crippen LogP) is 4.78. The molecule has 0 heteroatoms. The van der Waals surface area contributed by atoms with Gasteiger partial charge in [-0.25, -0.2) is 0 Å². The molecule has 2 aliphatic carbocycles. The van der Waals surface area contributed by atoms with Crippen molar-refractivity contribution >= 4 is 0 Å². The maximum Gasteiger partial charge on any atom is -0.0443 e. The molecule has 0 spiro atoms. The summed E-state index contributed by atoms with van der Waals surface area (Å²) < 4.78 is 0. The van der Waals surface area contributed by atoms with Crippen LogP contribution in [-0.4, -0.2) is 0 Å². The van der Waals surface area contributed by atoms with Crippen LogP contribution in [-0.2, 0) is 0 Å². The Morgan fingerprint density at radius 3 is 1.08 bits per heavy atom. The highest BCUT2D eigenvalue weighted by Gasteiger charge is 2.12. The van der Waals surface area contributed by atoms with Crippen molar-refractivity contribution < 1.29 is 0 Å². The van der Waals surface area contributed by atoms with E-state index in [4.69, 9.17) is 0 Å². The lowest BCUT2D eigenvalue weighted by Gasteiger charge is -2.05. The van der Waals surface area contributed by atoms with Gasteiger partial charge < -0.3 is 0 Å². The van der Waals surface area contributed by atoms with Gasteiger partial charge in [-0.3, -0.25) is 0 Å². The van der Waals surface area contributed by atoms with Crippen LogP contribution in [0.5, 0.6) is 0 Å². The van der Waals surface area contributed by atoms with Crippen molar-refractivity contribution in [2.75, 3.05) is 0 Å². The minimum Gasteiger partial charge on any atom is -0.0654 e. The van der Waals surface area contributed by atoms with Gasteiger partial charge in [-0.05, 0) is 5.92 Å². The lowest BCUT2D eigenvalue weighted by atomic mass is 10.0. The van der Waals surface area contributed by atoms with E-state index in [0.717, 1.165) is 5.92 Å². The van der Waals surface area contributed by atoms with Crippen LogP contribution in [0.3, 0.4) is 0 Å². The molecule has 0 saturated heterocycles. The summed E-state index contributed by atoms with van der Waals surface area (Å²) in [4.78, 5) is 0. The molecule has 0 aromatic carbocycles. The standard InChI is InChI=1S/2C4H8.C4H10/c1-4-2-3-4;1-2-4-3-1;1-3-4-2/h4H,2-3H2,1H3;1-4H2;3-4H2,1-2H3. The molecule has 0 atom stereocenters. The molecular weight excluding hydrogens is 144 g/mol. The zero-order chi connectivity index (χ0) is 9.23. The minimum atomic E-state index is 1.08. The summed E-state index contributed by atoms with van der Waals surface area (Å²) in [6, 6.07) is 0. The van der Waals surface area contributed by atoms with Gasteiger partial charge in [0.05, 0.1) is 0 Å². The van der Waals surface area contributed by atoms with Gasteiger partial charge >= 0.3 is 0 Å². The molecular formula is C12H26. The zero-order valence-corrected chi connectivity index (χ0v) is 9.23. The van der Waals surface area contributed by atoms with E-state index in [1.807, 2.05) is 0 Å². The van der Waals surface area contributed by atoms with Crippen LogP contribution in [0.1, 0.15) is 72.1 Å². The summed E-state index contributed by atoms with van der Waals surface area (Å²) in [5.74, 6) is 1.08. The number of unbranched alkanes of at least 4 members (excludes halogenated alkanes) is 1. The monoisotopic (exact) mass is 170 g/mol. The molecule has 0 aromatic rings. The third-order valence-corrected chi connectivity index (χ3v) is 2.37. The third-order valence-electron chi connectivity index (χ3n) is 2.37. The fraction of sp³-hybridized carbons (Fsp3) is 1.00. The average Bonchev–Trinajstić information content (AvgIpc) is 2.69. The van der Waals surface area contributed by atoms with Gasteiger partial charge in [0.15, 0.2) is 0 Å². The lowest BCUT2D eigenvalue weighted by Crippen LogP contribution is -1.85. The van der Waals surface area contributed by atoms with Crippen LogP contribution < -0.4 is 0 Å². The molecule has 12 heavy (non-hydrogen) atoms. The highest BCUT2D eigenvalue weighted by molar-refractivity contribution is 4.65. The molecule has 0 amide bonds. The van der Waals surface area contributed by atoms with Crippen molar-refractivity contribution in [3.8, 4) is 0 Å².